The van der Waals surface area contributed by atoms with Gasteiger partial charge in [-0.2, -0.15) is 0 Å². The summed E-state index contributed by atoms with van der Waals surface area (Å²) in [5.74, 6) is 0. The van der Waals surface area contributed by atoms with Crippen molar-refractivity contribution in [2.24, 2.45) is 0 Å². The summed E-state index contributed by atoms with van der Waals surface area (Å²) in [6, 6.07) is 18.8. The average Bonchev–Trinajstić information content (AvgIpc) is 2.48. The fourth-order valence-electron chi connectivity index (χ4n) is 2.30. The fourth-order valence-corrected chi connectivity index (χ4v) is 2.30. The van der Waals surface area contributed by atoms with Crippen LogP contribution in [0.3, 0.4) is 0 Å². The maximum Gasteiger partial charge on any atom is 0.238 e. The highest BCUT2D eigenvalue weighted by Gasteiger charge is 2.02. The summed E-state index contributed by atoms with van der Waals surface area (Å²) >= 11 is 0. The Morgan fingerprint density at radius 1 is 0.700 bits per heavy atom. The van der Waals surface area contributed by atoms with Crippen molar-refractivity contribution in [3.63, 3.8) is 0 Å². The van der Waals surface area contributed by atoms with Crippen LogP contribution in [0.1, 0.15) is 31.2 Å². The summed E-state index contributed by atoms with van der Waals surface area (Å²) in [5.41, 5.74) is 3.71. The molecule has 0 aliphatic carbocycles. The molecule has 0 fully saturated rings. The average molecular weight is 274 g/mol. The van der Waals surface area contributed by atoms with Gasteiger partial charge in [0.1, 0.15) is 0 Å². The Labute approximate surface area is 119 Å². The maximum absolute atomic E-state index is 12.0. The highest BCUT2D eigenvalue weighted by molar-refractivity contribution is 5.63. The van der Waals surface area contributed by atoms with Gasteiger partial charge >= 0.3 is 0 Å². The molecule has 2 rings (SSSR count). The van der Waals surface area contributed by atoms with Crippen molar-refractivity contribution < 1.29 is 8.78 Å². The molecule has 0 aliphatic heterocycles. The SMILES string of the molecule is FC(F)CCCCCc1ccc(-c2ccccc2)cc1. The van der Waals surface area contributed by atoms with Crippen LogP contribution in [-0.4, -0.2) is 6.43 Å². The standard InChI is InChI=1S/C18H20F2/c19-18(20)10-6-1-3-7-15-11-13-17(14-12-15)16-8-4-2-5-9-16/h2,4-5,8-9,11-14,18H,1,3,6-7,10H2. The predicted octanol–water partition coefficient (Wildman–Crippen LogP) is 5.72. The molecule has 0 aliphatic rings. The number of unbranched alkanes of at least 4 members (excludes halogenated alkanes) is 2. The molecule has 0 spiro atoms. The van der Waals surface area contributed by atoms with Crippen LogP contribution in [0.4, 0.5) is 8.78 Å². The number of rotatable bonds is 7. The Kier molecular flexibility index (Phi) is 5.72. The van der Waals surface area contributed by atoms with Gasteiger partial charge in [0.05, 0.1) is 0 Å². The zero-order chi connectivity index (χ0) is 14.2. The van der Waals surface area contributed by atoms with Gasteiger partial charge in [-0.25, -0.2) is 8.78 Å². The molecule has 106 valence electrons. The van der Waals surface area contributed by atoms with Crippen molar-refractivity contribution >= 4 is 0 Å². The Bertz CT molecular complexity index is 489. The molecule has 20 heavy (non-hydrogen) atoms. The minimum Gasteiger partial charge on any atom is -0.211 e. The molecule has 2 heteroatoms. The molecule has 0 radical (unpaired) electrons. The van der Waals surface area contributed by atoms with Crippen molar-refractivity contribution in [3.8, 4) is 11.1 Å². The summed E-state index contributed by atoms with van der Waals surface area (Å²) in [5, 5.41) is 0. The first-order valence-corrected chi connectivity index (χ1v) is 7.18. The first-order chi connectivity index (χ1) is 9.75. The van der Waals surface area contributed by atoms with Crippen LogP contribution in [0.15, 0.2) is 54.6 Å². The van der Waals surface area contributed by atoms with Gasteiger partial charge in [0.25, 0.3) is 0 Å². The third-order valence-electron chi connectivity index (χ3n) is 3.45. The maximum atomic E-state index is 12.0. The van der Waals surface area contributed by atoms with Gasteiger partial charge in [-0.05, 0) is 36.0 Å². The number of halogens is 2. The summed E-state index contributed by atoms with van der Waals surface area (Å²) in [4.78, 5) is 0. The summed E-state index contributed by atoms with van der Waals surface area (Å²) in [6.45, 7) is 0. The Hall–Kier alpha value is -1.70. The van der Waals surface area contributed by atoms with Crippen molar-refractivity contribution in [3.05, 3.63) is 60.2 Å². The van der Waals surface area contributed by atoms with Crippen LogP contribution >= 0.6 is 0 Å². The highest BCUT2D eigenvalue weighted by atomic mass is 19.3. The predicted molar refractivity (Wildman–Crippen MR) is 80.1 cm³/mol. The highest BCUT2D eigenvalue weighted by Crippen LogP contribution is 2.20. The molecule has 0 atom stereocenters. The summed E-state index contributed by atoms with van der Waals surface area (Å²) in [6.07, 6.45) is 1.34. The topological polar surface area (TPSA) is 0 Å². The molecule has 0 saturated heterocycles. The molecular weight excluding hydrogens is 254 g/mol. The van der Waals surface area contributed by atoms with Gasteiger partial charge in [-0.3, -0.25) is 0 Å². The molecule has 2 aromatic rings. The van der Waals surface area contributed by atoms with Crippen LogP contribution in [0.5, 0.6) is 0 Å². The second-order valence-electron chi connectivity index (χ2n) is 5.05. The fraction of sp³-hybridized carbons (Fsp3) is 0.333. The lowest BCUT2D eigenvalue weighted by Crippen LogP contribution is -1.91. The van der Waals surface area contributed by atoms with Gasteiger partial charge in [0.2, 0.25) is 6.43 Å². The van der Waals surface area contributed by atoms with Crippen LogP contribution in [-0.2, 0) is 6.42 Å². The molecule has 0 heterocycles. The van der Waals surface area contributed by atoms with Gasteiger partial charge in [-0.1, -0.05) is 61.0 Å². The lowest BCUT2D eigenvalue weighted by atomic mass is 10.0. The summed E-state index contributed by atoms with van der Waals surface area (Å²) < 4.78 is 24.0. The van der Waals surface area contributed by atoms with E-state index in [1.54, 1.807) is 0 Å². The lowest BCUT2D eigenvalue weighted by molar-refractivity contribution is 0.134. The van der Waals surface area contributed by atoms with E-state index in [-0.39, 0.29) is 6.42 Å². The first kappa shape index (κ1) is 14.7. The summed E-state index contributed by atoms with van der Waals surface area (Å²) in [7, 11) is 0. The van der Waals surface area contributed by atoms with E-state index in [4.69, 9.17) is 0 Å². The Morgan fingerprint density at radius 2 is 1.35 bits per heavy atom. The Balaban J connectivity index is 1.80. The largest absolute Gasteiger partial charge is 0.238 e. The smallest absolute Gasteiger partial charge is 0.211 e. The minimum atomic E-state index is -2.15. The van der Waals surface area contributed by atoms with E-state index >= 15 is 0 Å². The lowest BCUT2D eigenvalue weighted by Gasteiger charge is -2.05. The third-order valence-corrected chi connectivity index (χ3v) is 3.45. The van der Waals surface area contributed by atoms with E-state index in [2.05, 4.69) is 36.4 Å². The molecule has 0 saturated carbocycles. The molecule has 2 aromatic carbocycles. The number of alkyl halides is 2. The zero-order valence-corrected chi connectivity index (χ0v) is 11.6. The van der Waals surface area contributed by atoms with E-state index in [0.29, 0.717) is 6.42 Å². The Morgan fingerprint density at radius 3 is 2.00 bits per heavy atom. The number of hydrogen-bond donors (Lipinski definition) is 0. The normalized spacial score (nSPS) is 10.9. The van der Waals surface area contributed by atoms with Gasteiger partial charge in [0.15, 0.2) is 0 Å². The third kappa shape index (κ3) is 4.76. The van der Waals surface area contributed by atoms with Crippen molar-refractivity contribution in [1.82, 2.24) is 0 Å². The van der Waals surface area contributed by atoms with Crippen LogP contribution < -0.4 is 0 Å². The molecule has 0 unspecified atom stereocenters. The molecule has 0 nitrogen and oxygen atoms in total. The zero-order valence-electron chi connectivity index (χ0n) is 11.6. The van der Waals surface area contributed by atoms with Crippen LogP contribution in [0, 0.1) is 0 Å². The van der Waals surface area contributed by atoms with Gasteiger partial charge in [-0.15, -0.1) is 0 Å². The van der Waals surface area contributed by atoms with E-state index < -0.39 is 6.43 Å². The monoisotopic (exact) mass is 274 g/mol. The molecule has 0 bridgehead atoms. The van der Waals surface area contributed by atoms with E-state index in [1.165, 1.54) is 16.7 Å². The molecule has 0 aromatic heterocycles. The molecular formula is C18H20F2. The van der Waals surface area contributed by atoms with Crippen molar-refractivity contribution in [2.45, 2.75) is 38.5 Å². The quantitative estimate of drug-likeness (QED) is 0.566. The van der Waals surface area contributed by atoms with E-state index in [1.807, 2.05) is 18.2 Å². The van der Waals surface area contributed by atoms with Gasteiger partial charge < -0.3 is 0 Å². The van der Waals surface area contributed by atoms with Crippen molar-refractivity contribution in [2.75, 3.05) is 0 Å². The van der Waals surface area contributed by atoms with E-state index in [0.717, 1.165) is 19.3 Å². The number of benzene rings is 2. The van der Waals surface area contributed by atoms with Crippen LogP contribution in [0.25, 0.3) is 11.1 Å². The minimum absolute atomic E-state index is 0.0347. The molecule has 0 amide bonds. The first-order valence-electron chi connectivity index (χ1n) is 7.18. The second-order valence-corrected chi connectivity index (χ2v) is 5.05. The van der Waals surface area contributed by atoms with Crippen molar-refractivity contribution in [1.29, 1.82) is 0 Å². The van der Waals surface area contributed by atoms with Gasteiger partial charge in [0, 0.05) is 6.42 Å². The number of hydrogen-bond acceptors (Lipinski definition) is 0. The van der Waals surface area contributed by atoms with E-state index in [9.17, 15) is 8.78 Å². The second kappa shape index (κ2) is 7.78. The number of aryl methyl sites for hydroxylation is 1. The van der Waals surface area contributed by atoms with Crippen LogP contribution in [0.2, 0.25) is 0 Å². The molecule has 0 N–H and O–H groups in total.